The van der Waals surface area contributed by atoms with Crippen molar-refractivity contribution in [2.75, 3.05) is 38.2 Å². The largest absolute Gasteiger partial charge is 0.466 e. The number of esters is 1. The molecule has 2 unspecified atom stereocenters. The van der Waals surface area contributed by atoms with E-state index in [1.807, 2.05) is 42.0 Å². The summed E-state index contributed by atoms with van der Waals surface area (Å²) in [6.07, 6.45) is 8.18. The van der Waals surface area contributed by atoms with Crippen LogP contribution in [0.15, 0.2) is 47.2 Å². The van der Waals surface area contributed by atoms with Gasteiger partial charge in [0.1, 0.15) is 13.5 Å². The maximum Gasteiger partial charge on any atom is 0.306 e. The lowest BCUT2D eigenvalue weighted by molar-refractivity contribution is -0.144. The van der Waals surface area contributed by atoms with Gasteiger partial charge in [0.25, 0.3) is 0 Å². The summed E-state index contributed by atoms with van der Waals surface area (Å²) in [5, 5.41) is 6.02. The SMILES string of the molecule is CCOC(=O)CC1CCCC(c2nc3c(-c4cnc5ccccc5c4)cnn3c(N(COCC[Si](C)(C)C)COCC[Si](C)(C)C)c2Br)C1. The minimum atomic E-state index is -1.27. The van der Waals surface area contributed by atoms with Crippen molar-refractivity contribution in [3.05, 3.63) is 52.9 Å². The first-order valence-electron chi connectivity index (χ1n) is 17.8. The van der Waals surface area contributed by atoms with Crippen LogP contribution < -0.4 is 4.90 Å². The third-order valence-electron chi connectivity index (χ3n) is 9.21. The summed E-state index contributed by atoms with van der Waals surface area (Å²) in [5.41, 5.74) is 4.60. The number of carbonyl (C=O) groups is 1. The normalized spacial score (nSPS) is 17.1. The Morgan fingerprint density at radius 3 is 2.37 bits per heavy atom. The molecule has 0 aliphatic heterocycles. The molecule has 1 aliphatic rings. The molecule has 3 aromatic heterocycles. The minimum Gasteiger partial charge on any atom is -0.466 e. The van der Waals surface area contributed by atoms with E-state index in [2.05, 4.69) is 72.2 Å². The van der Waals surface area contributed by atoms with Gasteiger partial charge in [-0.1, -0.05) is 63.9 Å². The zero-order valence-corrected chi connectivity index (χ0v) is 34.0. The predicted octanol–water partition coefficient (Wildman–Crippen LogP) is 9.37. The number of hydrogen-bond donors (Lipinski definition) is 0. The van der Waals surface area contributed by atoms with E-state index in [0.29, 0.717) is 39.7 Å². The average molecular weight is 769 g/mol. The van der Waals surface area contributed by atoms with Crippen molar-refractivity contribution < 1.29 is 19.0 Å². The van der Waals surface area contributed by atoms with Crippen LogP contribution in [-0.2, 0) is 19.0 Å². The van der Waals surface area contributed by atoms with Crippen LogP contribution in [0.5, 0.6) is 0 Å². The van der Waals surface area contributed by atoms with Crippen molar-refractivity contribution in [2.45, 2.75) is 96.3 Å². The molecule has 0 spiro atoms. The van der Waals surface area contributed by atoms with E-state index in [1.165, 1.54) is 0 Å². The number of halogens is 1. The van der Waals surface area contributed by atoms with Crippen molar-refractivity contribution in [3.63, 3.8) is 0 Å². The number of fused-ring (bicyclic) bond motifs is 2. The molecule has 5 rings (SSSR count). The second kappa shape index (κ2) is 16.6. The van der Waals surface area contributed by atoms with Gasteiger partial charge in [0.2, 0.25) is 0 Å². The number of ether oxygens (including phenoxy) is 3. The Morgan fingerprint density at radius 2 is 1.69 bits per heavy atom. The van der Waals surface area contributed by atoms with E-state index in [0.717, 1.165) is 81.4 Å². The van der Waals surface area contributed by atoms with Crippen molar-refractivity contribution >= 4 is 60.4 Å². The fraction of sp³-hybridized carbons (Fsp3) is 0.568. The summed E-state index contributed by atoms with van der Waals surface area (Å²) in [5.74, 6) is 1.18. The van der Waals surface area contributed by atoms with Crippen molar-refractivity contribution in [1.29, 1.82) is 0 Å². The first kappa shape index (κ1) is 37.6. The van der Waals surface area contributed by atoms with Gasteiger partial charge in [-0.05, 0) is 72.3 Å². The Hall–Kier alpha value is -2.65. The number of aromatic nitrogens is 4. The Morgan fingerprint density at radius 1 is 1.00 bits per heavy atom. The molecule has 12 heteroatoms. The average Bonchev–Trinajstić information content (AvgIpc) is 3.46. The highest BCUT2D eigenvalue weighted by Crippen LogP contribution is 2.43. The zero-order valence-electron chi connectivity index (χ0n) is 30.4. The number of rotatable bonds is 16. The van der Waals surface area contributed by atoms with Crippen molar-refractivity contribution in [3.8, 4) is 11.1 Å². The number of para-hydroxylation sites is 1. The van der Waals surface area contributed by atoms with Gasteiger partial charge in [-0.25, -0.2) is 4.98 Å². The Balaban J connectivity index is 1.57. The van der Waals surface area contributed by atoms with Crippen LogP contribution in [0.1, 0.15) is 50.6 Å². The summed E-state index contributed by atoms with van der Waals surface area (Å²) >= 11 is 4.05. The highest BCUT2D eigenvalue weighted by molar-refractivity contribution is 9.10. The smallest absolute Gasteiger partial charge is 0.306 e. The Bertz CT molecular complexity index is 1700. The van der Waals surface area contributed by atoms with Crippen LogP contribution in [0.4, 0.5) is 5.82 Å². The van der Waals surface area contributed by atoms with Crippen molar-refractivity contribution in [1.82, 2.24) is 19.6 Å². The van der Waals surface area contributed by atoms with Crippen LogP contribution in [0.3, 0.4) is 0 Å². The summed E-state index contributed by atoms with van der Waals surface area (Å²) in [6, 6.07) is 12.5. The molecule has 3 heterocycles. The molecule has 1 aromatic carbocycles. The lowest BCUT2D eigenvalue weighted by atomic mass is 9.78. The molecule has 2 atom stereocenters. The first-order chi connectivity index (χ1) is 23.3. The van der Waals surface area contributed by atoms with E-state index in [9.17, 15) is 4.79 Å². The molecular formula is C37H54BrN5O4Si2. The van der Waals surface area contributed by atoms with E-state index < -0.39 is 16.1 Å². The molecule has 49 heavy (non-hydrogen) atoms. The topological polar surface area (TPSA) is 91.1 Å². The molecule has 0 N–H and O–H groups in total. The standard InChI is InChI=1S/C37H54BrN5O4Si2/c1-8-47-33(44)21-27-12-11-14-29(20-27)35-34(38)37(42(25-45-16-18-48(2,3)4)26-46-17-19-49(5,6)7)43-36(41-35)31(24-40-43)30-22-28-13-9-10-15-32(28)39-23-30/h9-10,13,15,22-24,27,29H,8,11-12,14,16-21,25-26H2,1-7H3. The zero-order chi connectivity index (χ0) is 35.2. The van der Waals surface area contributed by atoms with Gasteiger partial charge in [-0.3, -0.25) is 9.78 Å². The first-order valence-corrected chi connectivity index (χ1v) is 26.0. The molecule has 0 amide bonds. The summed E-state index contributed by atoms with van der Waals surface area (Å²) in [4.78, 5) is 24.8. The van der Waals surface area contributed by atoms with Gasteiger partial charge in [0.15, 0.2) is 11.5 Å². The Kier molecular flexibility index (Phi) is 12.7. The van der Waals surface area contributed by atoms with Crippen LogP contribution in [0.25, 0.3) is 27.7 Å². The van der Waals surface area contributed by atoms with E-state index in [1.54, 1.807) is 0 Å². The third-order valence-corrected chi connectivity index (χ3v) is 13.4. The molecule has 0 radical (unpaired) electrons. The maximum absolute atomic E-state index is 12.5. The fourth-order valence-corrected chi connectivity index (χ4v) is 8.73. The highest BCUT2D eigenvalue weighted by Gasteiger charge is 2.31. The van der Waals surface area contributed by atoms with Gasteiger partial charge in [0.05, 0.1) is 28.5 Å². The molecular weight excluding hydrogens is 715 g/mol. The fourth-order valence-electron chi connectivity index (χ4n) is 6.39. The monoisotopic (exact) mass is 767 g/mol. The van der Waals surface area contributed by atoms with E-state index in [4.69, 9.17) is 29.3 Å². The van der Waals surface area contributed by atoms with Gasteiger partial charge in [0, 0.05) is 64.4 Å². The van der Waals surface area contributed by atoms with Gasteiger partial charge < -0.3 is 19.1 Å². The molecule has 1 saturated carbocycles. The Labute approximate surface area is 302 Å². The molecule has 1 fully saturated rings. The molecule has 0 saturated heterocycles. The number of anilines is 1. The quantitative estimate of drug-likeness (QED) is 0.0482. The number of hydrogen-bond acceptors (Lipinski definition) is 8. The molecule has 4 aromatic rings. The van der Waals surface area contributed by atoms with Crippen molar-refractivity contribution in [2.24, 2.45) is 5.92 Å². The highest BCUT2D eigenvalue weighted by atomic mass is 79.9. The van der Waals surface area contributed by atoms with Crippen LogP contribution in [-0.4, -0.2) is 75.0 Å². The molecule has 266 valence electrons. The number of benzene rings is 1. The maximum atomic E-state index is 12.5. The van der Waals surface area contributed by atoms with Crippen LogP contribution >= 0.6 is 15.9 Å². The van der Waals surface area contributed by atoms with Gasteiger partial charge >= 0.3 is 5.97 Å². The molecule has 0 bridgehead atoms. The summed E-state index contributed by atoms with van der Waals surface area (Å²) < 4.78 is 20.9. The lowest BCUT2D eigenvalue weighted by Gasteiger charge is -2.31. The van der Waals surface area contributed by atoms with E-state index in [-0.39, 0.29) is 17.8 Å². The number of nitrogens with zero attached hydrogens (tertiary/aromatic N) is 5. The van der Waals surface area contributed by atoms with Gasteiger partial charge in [-0.15, -0.1) is 0 Å². The minimum absolute atomic E-state index is 0.115. The van der Waals surface area contributed by atoms with Crippen LogP contribution in [0.2, 0.25) is 51.4 Å². The van der Waals surface area contributed by atoms with Gasteiger partial charge in [-0.2, -0.15) is 9.61 Å². The van der Waals surface area contributed by atoms with E-state index >= 15 is 0 Å². The van der Waals surface area contributed by atoms with Crippen LogP contribution in [0, 0.1) is 5.92 Å². The lowest BCUT2D eigenvalue weighted by Crippen LogP contribution is -2.34. The predicted molar refractivity (Wildman–Crippen MR) is 208 cm³/mol. The second-order valence-corrected chi connectivity index (χ2v) is 27.9. The number of pyridine rings is 1. The number of carbonyl (C=O) groups excluding carboxylic acids is 1. The summed E-state index contributed by atoms with van der Waals surface area (Å²) in [6.45, 7) is 18.6. The third kappa shape index (κ3) is 10.2. The summed E-state index contributed by atoms with van der Waals surface area (Å²) in [7, 11) is -2.54. The molecule has 1 aliphatic carbocycles. The molecule has 9 nitrogen and oxygen atoms in total. The second-order valence-electron chi connectivity index (χ2n) is 15.8.